The van der Waals surface area contributed by atoms with Gasteiger partial charge in [-0.2, -0.15) is 0 Å². The molecule has 4 aromatic rings. The normalized spacial score (nSPS) is 11.5. The molecule has 6 heteroatoms. The maximum Gasteiger partial charge on any atom is 0.287 e. The summed E-state index contributed by atoms with van der Waals surface area (Å²) in [4.78, 5) is 25.6. The average Bonchev–Trinajstić information content (AvgIpc) is 3.44. The summed E-state index contributed by atoms with van der Waals surface area (Å²) in [5.41, 5.74) is 4.05. The molecular weight excluding hydrogens is 440 g/mol. The van der Waals surface area contributed by atoms with E-state index in [1.54, 1.807) is 12.1 Å². The van der Waals surface area contributed by atoms with Crippen LogP contribution in [0.1, 0.15) is 32.8 Å². The number of carbonyl (C=O) groups excluding carboxylic acids is 2. The van der Waals surface area contributed by atoms with Gasteiger partial charge < -0.3 is 19.8 Å². The van der Waals surface area contributed by atoms with Crippen LogP contribution in [0.3, 0.4) is 0 Å². The van der Waals surface area contributed by atoms with Crippen molar-refractivity contribution in [2.75, 3.05) is 0 Å². The predicted octanol–water partition coefficient (Wildman–Crippen LogP) is 4.65. The summed E-state index contributed by atoms with van der Waals surface area (Å²) >= 11 is 0. The summed E-state index contributed by atoms with van der Waals surface area (Å²) in [6, 6.07) is 30.0. The summed E-state index contributed by atoms with van der Waals surface area (Å²) in [6.07, 6.45) is 1.80. The van der Waals surface area contributed by atoms with E-state index in [0.29, 0.717) is 26.2 Å². The lowest BCUT2D eigenvalue weighted by Gasteiger charge is -2.18. The van der Waals surface area contributed by atoms with Gasteiger partial charge in [-0.25, -0.2) is 0 Å². The molecule has 0 saturated heterocycles. The summed E-state index contributed by atoms with van der Waals surface area (Å²) in [5, 5.41) is 5.75. The van der Waals surface area contributed by atoms with Gasteiger partial charge in [0.2, 0.25) is 5.91 Å². The molecule has 2 amide bonds. The lowest BCUT2D eigenvalue weighted by molar-refractivity contribution is -0.123. The van der Waals surface area contributed by atoms with Gasteiger partial charge in [-0.1, -0.05) is 84.9 Å². The highest BCUT2D eigenvalue weighted by Gasteiger charge is 2.23. The Balaban J connectivity index is 1.34. The van der Waals surface area contributed by atoms with E-state index in [1.807, 2.05) is 84.9 Å². The molecule has 0 aliphatic carbocycles. The summed E-state index contributed by atoms with van der Waals surface area (Å²) in [6.45, 7) is 1.36. The highest BCUT2D eigenvalue weighted by Crippen LogP contribution is 2.10. The molecule has 2 N–H and O–H groups in total. The Kier molecular flexibility index (Phi) is 8.46. The molecule has 0 aliphatic rings. The Morgan fingerprint density at radius 1 is 0.743 bits per heavy atom. The van der Waals surface area contributed by atoms with Gasteiger partial charge in [-0.15, -0.1) is 0 Å². The van der Waals surface area contributed by atoms with Gasteiger partial charge in [0.1, 0.15) is 6.04 Å². The van der Waals surface area contributed by atoms with E-state index in [2.05, 4.69) is 10.6 Å². The Labute approximate surface area is 204 Å². The third kappa shape index (κ3) is 7.42. The minimum atomic E-state index is -0.743. The summed E-state index contributed by atoms with van der Waals surface area (Å²) < 4.78 is 11.0. The molecule has 3 aromatic carbocycles. The van der Waals surface area contributed by atoms with Gasteiger partial charge >= 0.3 is 0 Å². The summed E-state index contributed by atoms with van der Waals surface area (Å²) in [7, 11) is 0. The second kappa shape index (κ2) is 12.3. The smallest absolute Gasteiger partial charge is 0.287 e. The Bertz CT molecular complexity index is 1210. The second-order valence-corrected chi connectivity index (χ2v) is 8.21. The maximum atomic E-state index is 13.1. The van der Waals surface area contributed by atoms with Crippen LogP contribution in [0.4, 0.5) is 0 Å². The molecule has 0 radical (unpaired) electrons. The van der Waals surface area contributed by atoms with E-state index < -0.39 is 11.9 Å². The number of rotatable bonds is 11. The van der Waals surface area contributed by atoms with Crippen LogP contribution in [0.5, 0.6) is 0 Å². The number of hydrogen-bond donors (Lipinski definition) is 2. The Morgan fingerprint density at radius 2 is 1.40 bits per heavy atom. The minimum Gasteiger partial charge on any atom is -0.459 e. The molecule has 35 heavy (non-hydrogen) atoms. The summed E-state index contributed by atoms with van der Waals surface area (Å²) in [5.74, 6) is -0.526. The first-order valence-corrected chi connectivity index (χ1v) is 11.5. The van der Waals surface area contributed by atoms with Gasteiger partial charge in [0.05, 0.1) is 19.5 Å². The highest BCUT2D eigenvalue weighted by molar-refractivity contribution is 5.95. The van der Waals surface area contributed by atoms with E-state index in [9.17, 15) is 9.59 Å². The molecule has 0 fully saturated rings. The molecule has 1 atom stereocenters. The van der Waals surface area contributed by atoms with Crippen molar-refractivity contribution in [1.82, 2.24) is 10.6 Å². The first-order valence-electron chi connectivity index (χ1n) is 11.5. The van der Waals surface area contributed by atoms with E-state index in [0.717, 1.165) is 22.3 Å². The first kappa shape index (κ1) is 24.0. The first-order chi connectivity index (χ1) is 17.2. The van der Waals surface area contributed by atoms with Crippen LogP contribution < -0.4 is 10.6 Å². The second-order valence-electron chi connectivity index (χ2n) is 8.21. The highest BCUT2D eigenvalue weighted by atomic mass is 16.5. The predicted molar refractivity (Wildman–Crippen MR) is 133 cm³/mol. The zero-order chi connectivity index (χ0) is 24.3. The van der Waals surface area contributed by atoms with Gasteiger partial charge in [0, 0.05) is 13.0 Å². The van der Waals surface area contributed by atoms with Crippen LogP contribution in [-0.2, 0) is 35.7 Å². The van der Waals surface area contributed by atoms with Crippen LogP contribution in [0.2, 0.25) is 0 Å². The molecule has 1 heterocycles. The van der Waals surface area contributed by atoms with Crippen molar-refractivity contribution < 1.29 is 18.7 Å². The fraction of sp³-hybridized carbons (Fsp3) is 0.172. The van der Waals surface area contributed by atoms with Crippen LogP contribution in [0.15, 0.2) is 108 Å². The van der Waals surface area contributed by atoms with Crippen molar-refractivity contribution >= 4 is 11.8 Å². The number of ether oxygens (including phenoxy) is 1. The minimum absolute atomic E-state index is 0.166. The third-order valence-corrected chi connectivity index (χ3v) is 5.49. The molecule has 0 spiro atoms. The van der Waals surface area contributed by atoms with Crippen LogP contribution in [0.25, 0.3) is 0 Å². The van der Waals surface area contributed by atoms with E-state index >= 15 is 0 Å². The monoisotopic (exact) mass is 468 g/mol. The van der Waals surface area contributed by atoms with Gasteiger partial charge in [0.25, 0.3) is 5.91 Å². The zero-order valence-corrected chi connectivity index (χ0v) is 19.4. The fourth-order valence-electron chi connectivity index (χ4n) is 3.70. The lowest BCUT2D eigenvalue weighted by atomic mass is 10.0. The largest absolute Gasteiger partial charge is 0.459 e. The number of benzene rings is 3. The third-order valence-electron chi connectivity index (χ3n) is 5.49. The average molecular weight is 469 g/mol. The molecular formula is C29H28N2O4. The molecule has 6 nitrogen and oxygen atoms in total. The quantitative estimate of drug-likeness (QED) is 0.336. The van der Waals surface area contributed by atoms with Crippen molar-refractivity contribution in [2.45, 2.75) is 32.2 Å². The van der Waals surface area contributed by atoms with Crippen molar-refractivity contribution in [3.63, 3.8) is 0 Å². The van der Waals surface area contributed by atoms with E-state index in [4.69, 9.17) is 9.15 Å². The van der Waals surface area contributed by atoms with Gasteiger partial charge in [0.15, 0.2) is 5.76 Å². The van der Waals surface area contributed by atoms with Gasteiger partial charge in [-0.05, 0) is 34.4 Å². The molecule has 4 rings (SSSR count). The number of furan rings is 1. The number of amides is 2. The van der Waals surface area contributed by atoms with Crippen LogP contribution in [0, 0.1) is 0 Å². The number of nitrogens with one attached hydrogen (secondary N) is 2. The standard InChI is InChI=1S/C29H28N2O4/c32-28(26(18-22-9-3-1-4-10-22)31-29(33)27-15-8-16-35-27)30-19-24-13-7-14-25(17-24)21-34-20-23-11-5-2-6-12-23/h1-17,26H,18-21H2,(H,30,32)(H,31,33). The lowest BCUT2D eigenvalue weighted by Crippen LogP contribution is -2.47. The van der Waals surface area contributed by atoms with Crippen molar-refractivity contribution in [3.05, 3.63) is 131 Å². The Hall–Kier alpha value is -4.16. The fourth-order valence-corrected chi connectivity index (χ4v) is 3.70. The maximum absolute atomic E-state index is 13.1. The molecule has 1 aromatic heterocycles. The number of carbonyl (C=O) groups is 2. The molecule has 0 aliphatic heterocycles. The van der Waals surface area contributed by atoms with Crippen molar-refractivity contribution in [2.24, 2.45) is 0 Å². The van der Waals surface area contributed by atoms with Crippen LogP contribution >= 0.6 is 0 Å². The molecule has 0 saturated carbocycles. The van der Waals surface area contributed by atoms with Crippen molar-refractivity contribution in [3.8, 4) is 0 Å². The SMILES string of the molecule is O=C(NC(Cc1ccccc1)C(=O)NCc1cccc(COCc2ccccc2)c1)c1ccco1. The van der Waals surface area contributed by atoms with Gasteiger partial charge in [-0.3, -0.25) is 9.59 Å². The molecule has 1 unspecified atom stereocenters. The molecule has 178 valence electrons. The molecule has 0 bridgehead atoms. The topological polar surface area (TPSA) is 80.6 Å². The van der Waals surface area contributed by atoms with Crippen LogP contribution in [-0.4, -0.2) is 17.9 Å². The number of hydrogen-bond acceptors (Lipinski definition) is 4. The van der Waals surface area contributed by atoms with Crippen molar-refractivity contribution in [1.29, 1.82) is 0 Å². The van der Waals surface area contributed by atoms with E-state index in [1.165, 1.54) is 6.26 Å². The zero-order valence-electron chi connectivity index (χ0n) is 19.4. The van der Waals surface area contributed by atoms with E-state index in [-0.39, 0.29) is 11.7 Å². The Morgan fingerprint density at radius 3 is 2.11 bits per heavy atom.